The number of aliphatic hydroxyl groups is 1. The minimum absolute atomic E-state index is 0.0758. The van der Waals surface area contributed by atoms with E-state index >= 15 is 0 Å². The molecule has 1 N–H and O–H groups in total. The summed E-state index contributed by atoms with van der Waals surface area (Å²) in [5.41, 5.74) is 5.77. The molecule has 0 bridgehead atoms. The van der Waals surface area contributed by atoms with Gasteiger partial charge in [0.1, 0.15) is 24.6 Å². The number of aromatic nitrogens is 1. The van der Waals surface area contributed by atoms with Crippen molar-refractivity contribution in [3.05, 3.63) is 107 Å². The molecule has 1 aliphatic heterocycles. The van der Waals surface area contributed by atoms with Crippen LogP contribution in [-0.2, 0) is 4.74 Å². The van der Waals surface area contributed by atoms with E-state index in [0.717, 1.165) is 42.6 Å². The van der Waals surface area contributed by atoms with Crippen LogP contribution in [0.1, 0.15) is 41.2 Å². The second kappa shape index (κ2) is 10.9. The number of rotatable bonds is 7. The molecule has 0 amide bonds. The molecule has 188 valence electrons. The molecule has 0 radical (unpaired) electrons. The maximum Gasteiger partial charge on any atom is 0.128 e. The first-order valence-corrected chi connectivity index (χ1v) is 13.1. The summed E-state index contributed by atoms with van der Waals surface area (Å²) < 4.78 is 12.8. The standard InChI is InChI=1S/C32H32N2O3/c35-25(22-36-31-13-5-12-30-29(31)11-6-18-33-30)21-34-19-16-26(17-20-34)37-32-27-9-3-1-7-23(27)14-15-24-8-2-4-10-28(24)32/h1-15,18,25-26,32,35H,16-17,19-22H2. The normalized spacial score (nSPS) is 17.2. The van der Waals surface area contributed by atoms with Crippen LogP contribution < -0.4 is 4.74 Å². The van der Waals surface area contributed by atoms with Gasteiger partial charge in [-0.3, -0.25) is 4.98 Å². The van der Waals surface area contributed by atoms with Crippen molar-refractivity contribution in [1.82, 2.24) is 9.88 Å². The average Bonchev–Trinajstić information content (AvgIpc) is 3.10. The van der Waals surface area contributed by atoms with Crippen LogP contribution in [0.3, 0.4) is 0 Å². The van der Waals surface area contributed by atoms with Crippen LogP contribution in [-0.4, -0.2) is 53.4 Å². The van der Waals surface area contributed by atoms with Crippen LogP contribution >= 0.6 is 0 Å². The molecule has 1 fully saturated rings. The summed E-state index contributed by atoms with van der Waals surface area (Å²) in [6.45, 7) is 2.64. The predicted octanol–water partition coefficient (Wildman–Crippen LogP) is 5.73. The van der Waals surface area contributed by atoms with Crippen molar-refractivity contribution in [3.8, 4) is 5.75 Å². The molecule has 1 unspecified atom stereocenters. The Morgan fingerprint density at radius 1 is 0.838 bits per heavy atom. The SMILES string of the molecule is OC(COc1cccc2ncccc12)CN1CCC(OC2c3ccccc3C=Cc3ccccc32)CC1. The molecule has 3 aromatic carbocycles. The Morgan fingerprint density at radius 2 is 1.54 bits per heavy atom. The lowest BCUT2D eigenvalue weighted by Crippen LogP contribution is -2.42. The maximum absolute atomic E-state index is 10.7. The van der Waals surface area contributed by atoms with Crippen LogP contribution in [0.5, 0.6) is 5.75 Å². The molecule has 1 aromatic heterocycles. The van der Waals surface area contributed by atoms with Crippen LogP contribution in [0.4, 0.5) is 0 Å². The van der Waals surface area contributed by atoms with Gasteiger partial charge in [0, 0.05) is 31.2 Å². The third kappa shape index (κ3) is 5.30. The molecular formula is C32H32N2O3. The zero-order valence-corrected chi connectivity index (χ0v) is 20.9. The average molecular weight is 493 g/mol. The number of β-amino-alcohol motifs (C(OH)–C–C–N with tert-alkyl or cyclic N) is 1. The third-order valence-electron chi connectivity index (χ3n) is 7.37. The number of pyridine rings is 1. The van der Waals surface area contributed by atoms with E-state index < -0.39 is 6.10 Å². The molecular weight excluding hydrogens is 460 g/mol. The highest BCUT2D eigenvalue weighted by molar-refractivity contribution is 5.84. The van der Waals surface area contributed by atoms with E-state index in [-0.39, 0.29) is 18.8 Å². The fourth-order valence-corrected chi connectivity index (χ4v) is 5.45. The van der Waals surface area contributed by atoms with Gasteiger partial charge in [-0.25, -0.2) is 0 Å². The van der Waals surface area contributed by atoms with E-state index in [1.807, 2.05) is 30.3 Å². The lowest BCUT2D eigenvalue weighted by molar-refractivity contribution is -0.0346. The van der Waals surface area contributed by atoms with Crippen molar-refractivity contribution >= 4 is 23.1 Å². The number of hydrogen-bond donors (Lipinski definition) is 1. The fourth-order valence-electron chi connectivity index (χ4n) is 5.45. The highest BCUT2D eigenvalue weighted by atomic mass is 16.5. The number of nitrogens with zero attached hydrogens (tertiary/aromatic N) is 2. The molecule has 1 aliphatic carbocycles. The predicted molar refractivity (Wildman–Crippen MR) is 147 cm³/mol. The van der Waals surface area contributed by atoms with Gasteiger partial charge in [0.2, 0.25) is 0 Å². The Labute approximate surface area is 218 Å². The van der Waals surface area contributed by atoms with Crippen molar-refractivity contribution < 1.29 is 14.6 Å². The first-order chi connectivity index (χ1) is 18.2. The molecule has 0 spiro atoms. The minimum Gasteiger partial charge on any atom is -0.490 e. The molecule has 0 saturated carbocycles. The van der Waals surface area contributed by atoms with Crippen LogP contribution in [0.2, 0.25) is 0 Å². The Morgan fingerprint density at radius 3 is 2.27 bits per heavy atom. The number of fused-ring (bicyclic) bond motifs is 3. The number of piperidine rings is 1. The van der Waals surface area contributed by atoms with Gasteiger partial charge in [-0.1, -0.05) is 66.7 Å². The van der Waals surface area contributed by atoms with E-state index in [1.54, 1.807) is 6.20 Å². The summed E-state index contributed by atoms with van der Waals surface area (Å²) >= 11 is 0. The van der Waals surface area contributed by atoms with Crippen molar-refractivity contribution in [2.75, 3.05) is 26.2 Å². The van der Waals surface area contributed by atoms with Crippen molar-refractivity contribution in [3.63, 3.8) is 0 Å². The highest BCUT2D eigenvalue weighted by Crippen LogP contribution is 2.37. The summed E-state index contributed by atoms with van der Waals surface area (Å²) in [6.07, 6.45) is 7.59. The van der Waals surface area contributed by atoms with Crippen LogP contribution in [0, 0.1) is 0 Å². The van der Waals surface area contributed by atoms with E-state index in [0.29, 0.717) is 6.54 Å². The lowest BCUT2D eigenvalue weighted by atomic mass is 9.95. The zero-order valence-electron chi connectivity index (χ0n) is 20.9. The van der Waals surface area contributed by atoms with Crippen molar-refractivity contribution in [2.24, 2.45) is 0 Å². The van der Waals surface area contributed by atoms with Crippen LogP contribution in [0.25, 0.3) is 23.1 Å². The summed E-state index contributed by atoms with van der Waals surface area (Å²) in [4.78, 5) is 6.69. The van der Waals surface area contributed by atoms with E-state index in [1.165, 1.54) is 22.3 Å². The summed E-state index contributed by atoms with van der Waals surface area (Å²) in [5, 5.41) is 11.7. The Balaban J connectivity index is 1.05. The molecule has 1 atom stereocenters. The first-order valence-electron chi connectivity index (χ1n) is 13.1. The number of hydrogen-bond acceptors (Lipinski definition) is 5. The van der Waals surface area contributed by atoms with Gasteiger partial charge < -0.3 is 19.5 Å². The Kier molecular flexibility index (Phi) is 7.00. The number of benzene rings is 3. The molecule has 5 heteroatoms. The van der Waals surface area contributed by atoms with Gasteiger partial charge in [-0.05, 0) is 59.4 Å². The summed E-state index contributed by atoms with van der Waals surface area (Å²) in [6, 6.07) is 26.8. The molecule has 37 heavy (non-hydrogen) atoms. The lowest BCUT2D eigenvalue weighted by Gasteiger charge is -2.35. The molecule has 2 heterocycles. The van der Waals surface area contributed by atoms with Gasteiger partial charge in [-0.2, -0.15) is 0 Å². The second-order valence-electron chi connectivity index (χ2n) is 9.90. The monoisotopic (exact) mass is 492 g/mol. The molecule has 4 aromatic rings. The highest BCUT2D eigenvalue weighted by Gasteiger charge is 2.28. The van der Waals surface area contributed by atoms with Gasteiger partial charge in [-0.15, -0.1) is 0 Å². The van der Waals surface area contributed by atoms with Gasteiger partial charge >= 0.3 is 0 Å². The molecule has 1 saturated heterocycles. The van der Waals surface area contributed by atoms with Crippen molar-refractivity contribution in [1.29, 1.82) is 0 Å². The largest absolute Gasteiger partial charge is 0.490 e. The van der Waals surface area contributed by atoms with Gasteiger partial charge in [0.25, 0.3) is 0 Å². The number of likely N-dealkylation sites (tertiary alicyclic amines) is 1. The van der Waals surface area contributed by atoms with Crippen molar-refractivity contribution in [2.45, 2.75) is 31.2 Å². The van der Waals surface area contributed by atoms with E-state index in [2.05, 4.69) is 70.6 Å². The second-order valence-corrected chi connectivity index (χ2v) is 9.90. The number of aliphatic hydroxyl groups excluding tert-OH is 1. The molecule has 2 aliphatic rings. The van der Waals surface area contributed by atoms with E-state index in [4.69, 9.17) is 9.47 Å². The quantitative estimate of drug-likeness (QED) is 0.357. The minimum atomic E-state index is -0.559. The smallest absolute Gasteiger partial charge is 0.128 e. The van der Waals surface area contributed by atoms with E-state index in [9.17, 15) is 5.11 Å². The summed E-state index contributed by atoms with van der Waals surface area (Å²) in [5.74, 6) is 0.759. The third-order valence-corrected chi connectivity index (χ3v) is 7.37. The van der Waals surface area contributed by atoms with Gasteiger partial charge in [0.05, 0.1) is 11.6 Å². The Bertz CT molecular complexity index is 1340. The molecule has 6 rings (SSSR count). The maximum atomic E-state index is 10.7. The van der Waals surface area contributed by atoms with Crippen LogP contribution in [0.15, 0.2) is 85.1 Å². The van der Waals surface area contributed by atoms with Gasteiger partial charge in [0.15, 0.2) is 0 Å². The number of ether oxygens (including phenoxy) is 2. The molecule has 5 nitrogen and oxygen atoms in total. The zero-order chi connectivity index (χ0) is 25.0. The topological polar surface area (TPSA) is 54.8 Å². The summed E-state index contributed by atoms with van der Waals surface area (Å²) in [7, 11) is 0. The first kappa shape index (κ1) is 23.9. The fraction of sp³-hybridized carbons (Fsp3) is 0.281. The Hall–Kier alpha value is -3.51.